The first-order valence-electron chi connectivity index (χ1n) is 7.45. The Bertz CT molecular complexity index is 712. The van der Waals surface area contributed by atoms with Gasteiger partial charge in [-0.1, -0.05) is 60.7 Å². The van der Waals surface area contributed by atoms with Gasteiger partial charge in [-0.15, -0.1) is 0 Å². The molecule has 4 rings (SSSR count). The molecule has 0 radical (unpaired) electrons. The molecule has 0 aromatic heterocycles. The Morgan fingerprint density at radius 2 is 1.50 bits per heavy atom. The minimum Gasteiger partial charge on any atom is -0.462 e. The molecular formula is C18H16N2O2. The number of fused-ring (bicyclic) bond motifs is 1. The van der Waals surface area contributed by atoms with Gasteiger partial charge in [0.2, 0.25) is 0 Å². The normalized spacial score (nSPS) is 23.7. The van der Waals surface area contributed by atoms with Crippen LogP contribution < -0.4 is 0 Å². The van der Waals surface area contributed by atoms with Gasteiger partial charge in [-0.2, -0.15) is 4.99 Å². The fourth-order valence-corrected chi connectivity index (χ4v) is 3.18. The standard InChI is InChI=1S/C18H16N2O2/c21-17-11-15(13-7-3-1-4-8-13)20-16(12-22-18(20)19-17)14-9-5-2-6-10-14/h1-10,15-16H,11-12H2/t15-,16-/m1/s1. The Morgan fingerprint density at radius 3 is 2.14 bits per heavy atom. The third kappa shape index (κ3) is 2.17. The van der Waals surface area contributed by atoms with Crippen molar-refractivity contribution in [2.75, 3.05) is 6.61 Å². The molecule has 2 aliphatic rings. The van der Waals surface area contributed by atoms with Crippen LogP contribution in [0.2, 0.25) is 0 Å². The second-order valence-corrected chi connectivity index (χ2v) is 5.56. The maximum atomic E-state index is 11.9. The number of ether oxygens (including phenoxy) is 1. The van der Waals surface area contributed by atoms with Crippen molar-refractivity contribution >= 4 is 11.9 Å². The molecule has 2 heterocycles. The SMILES string of the molecule is O=C1C[C@H](c2ccccc2)N2C(=N1)OC[C@@H]2c1ccccc1. The maximum absolute atomic E-state index is 11.9. The first-order chi connectivity index (χ1) is 10.8. The molecule has 110 valence electrons. The zero-order valence-corrected chi connectivity index (χ0v) is 12.1. The van der Waals surface area contributed by atoms with Crippen molar-refractivity contribution in [1.29, 1.82) is 0 Å². The summed E-state index contributed by atoms with van der Waals surface area (Å²) in [5, 5.41) is 0. The smallest absolute Gasteiger partial charge is 0.296 e. The quantitative estimate of drug-likeness (QED) is 0.854. The fraction of sp³-hybridized carbons (Fsp3) is 0.222. The van der Waals surface area contributed by atoms with Crippen molar-refractivity contribution < 1.29 is 9.53 Å². The number of hydrogen-bond acceptors (Lipinski definition) is 3. The molecule has 0 unspecified atom stereocenters. The summed E-state index contributed by atoms with van der Waals surface area (Å²) in [6, 6.07) is 20.9. The second kappa shape index (κ2) is 5.30. The number of amides is 1. The van der Waals surface area contributed by atoms with Crippen LogP contribution >= 0.6 is 0 Å². The van der Waals surface area contributed by atoms with E-state index in [0.717, 1.165) is 5.56 Å². The van der Waals surface area contributed by atoms with E-state index in [1.807, 2.05) is 36.4 Å². The van der Waals surface area contributed by atoms with Gasteiger partial charge in [0.15, 0.2) is 0 Å². The molecule has 2 atom stereocenters. The van der Waals surface area contributed by atoms with E-state index in [-0.39, 0.29) is 18.0 Å². The zero-order chi connectivity index (χ0) is 14.9. The Kier molecular flexibility index (Phi) is 3.15. The number of aliphatic imine (C=N–C) groups is 1. The average Bonchev–Trinajstić information content (AvgIpc) is 2.99. The Labute approximate surface area is 129 Å². The second-order valence-electron chi connectivity index (χ2n) is 5.56. The van der Waals surface area contributed by atoms with Crippen LogP contribution in [0.15, 0.2) is 65.7 Å². The van der Waals surface area contributed by atoms with E-state index in [0.29, 0.717) is 19.0 Å². The fourth-order valence-electron chi connectivity index (χ4n) is 3.18. The predicted molar refractivity (Wildman–Crippen MR) is 83.2 cm³/mol. The van der Waals surface area contributed by atoms with Crippen LogP contribution in [0, 0.1) is 0 Å². The molecule has 2 aromatic rings. The van der Waals surface area contributed by atoms with E-state index < -0.39 is 0 Å². The molecule has 1 amide bonds. The Hall–Kier alpha value is -2.62. The van der Waals surface area contributed by atoms with Crippen molar-refractivity contribution in [3.05, 3.63) is 71.8 Å². The molecular weight excluding hydrogens is 276 g/mol. The lowest BCUT2D eigenvalue weighted by Gasteiger charge is -2.34. The molecule has 0 aliphatic carbocycles. The molecule has 0 spiro atoms. The van der Waals surface area contributed by atoms with E-state index in [9.17, 15) is 4.79 Å². The van der Waals surface area contributed by atoms with E-state index in [2.05, 4.69) is 34.2 Å². The number of carbonyl (C=O) groups is 1. The summed E-state index contributed by atoms with van der Waals surface area (Å²) in [5.74, 6) is -0.117. The van der Waals surface area contributed by atoms with Crippen molar-refractivity contribution in [1.82, 2.24) is 4.90 Å². The predicted octanol–water partition coefficient (Wildman–Crippen LogP) is 3.09. The maximum Gasteiger partial charge on any atom is 0.296 e. The van der Waals surface area contributed by atoms with Gasteiger partial charge in [0.25, 0.3) is 11.9 Å². The first kappa shape index (κ1) is 13.1. The highest BCUT2D eigenvalue weighted by atomic mass is 16.5. The van der Waals surface area contributed by atoms with E-state index >= 15 is 0 Å². The van der Waals surface area contributed by atoms with E-state index in [1.54, 1.807) is 0 Å². The largest absolute Gasteiger partial charge is 0.462 e. The first-order valence-corrected chi connectivity index (χ1v) is 7.45. The molecule has 1 saturated heterocycles. The van der Waals surface area contributed by atoms with Crippen LogP contribution in [0.5, 0.6) is 0 Å². The summed E-state index contributed by atoms with van der Waals surface area (Å²) < 4.78 is 5.70. The van der Waals surface area contributed by atoms with Crippen molar-refractivity contribution in [3.63, 3.8) is 0 Å². The van der Waals surface area contributed by atoms with Gasteiger partial charge in [-0.05, 0) is 11.1 Å². The van der Waals surface area contributed by atoms with Crippen LogP contribution in [-0.2, 0) is 9.53 Å². The van der Waals surface area contributed by atoms with Gasteiger partial charge < -0.3 is 9.64 Å². The summed E-state index contributed by atoms with van der Waals surface area (Å²) in [6.07, 6.45) is 0.389. The third-order valence-electron chi connectivity index (χ3n) is 4.22. The lowest BCUT2D eigenvalue weighted by Crippen LogP contribution is -2.38. The van der Waals surface area contributed by atoms with Crippen LogP contribution in [0.25, 0.3) is 0 Å². The van der Waals surface area contributed by atoms with E-state index in [1.165, 1.54) is 5.56 Å². The van der Waals surface area contributed by atoms with Gasteiger partial charge in [-0.25, -0.2) is 0 Å². The Balaban J connectivity index is 1.76. The number of hydrogen-bond donors (Lipinski definition) is 0. The lowest BCUT2D eigenvalue weighted by molar-refractivity contribution is -0.119. The zero-order valence-electron chi connectivity index (χ0n) is 12.1. The number of rotatable bonds is 2. The third-order valence-corrected chi connectivity index (χ3v) is 4.22. The van der Waals surface area contributed by atoms with Crippen LogP contribution in [-0.4, -0.2) is 23.4 Å². The molecule has 1 fully saturated rings. The van der Waals surface area contributed by atoms with Gasteiger partial charge in [0.1, 0.15) is 6.61 Å². The summed E-state index contributed by atoms with van der Waals surface area (Å²) in [5.41, 5.74) is 2.30. The van der Waals surface area contributed by atoms with Crippen molar-refractivity contribution in [2.45, 2.75) is 18.5 Å². The lowest BCUT2D eigenvalue weighted by atomic mass is 9.97. The molecule has 0 bridgehead atoms. The van der Waals surface area contributed by atoms with Crippen molar-refractivity contribution in [3.8, 4) is 0 Å². The molecule has 4 heteroatoms. The summed E-state index contributed by atoms with van der Waals surface area (Å²) in [7, 11) is 0. The summed E-state index contributed by atoms with van der Waals surface area (Å²) in [6.45, 7) is 0.527. The van der Waals surface area contributed by atoms with Crippen molar-refractivity contribution in [2.24, 2.45) is 4.99 Å². The van der Waals surface area contributed by atoms with Gasteiger partial charge in [-0.3, -0.25) is 4.79 Å². The van der Waals surface area contributed by atoms with E-state index in [4.69, 9.17) is 4.74 Å². The molecule has 0 saturated carbocycles. The highest BCUT2D eigenvalue weighted by molar-refractivity contribution is 5.94. The van der Waals surface area contributed by atoms with Gasteiger partial charge in [0, 0.05) is 0 Å². The monoisotopic (exact) mass is 292 g/mol. The minimum atomic E-state index is -0.117. The van der Waals surface area contributed by atoms with Crippen LogP contribution in [0.3, 0.4) is 0 Å². The highest BCUT2D eigenvalue weighted by Gasteiger charge is 2.42. The number of amidine groups is 1. The average molecular weight is 292 g/mol. The van der Waals surface area contributed by atoms with Crippen LogP contribution in [0.4, 0.5) is 0 Å². The molecule has 2 aromatic carbocycles. The minimum absolute atomic E-state index is 0.0195. The summed E-state index contributed by atoms with van der Waals surface area (Å²) in [4.78, 5) is 18.2. The van der Waals surface area contributed by atoms with Crippen LogP contribution in [0.1, 0.15) is 29.6 Å². The number of benzene rings is 2. The highest BCUT2D eigenvalue weighted by Crippen LogP contribution is 2.39. The number of carbonyl (C=O) groups excluding carboxylic acids is 1. The summed E-state index contributed by atoms with van der Waals surface area (Å²) >= 11 is 0. The van der Waals surface area contributed by atoms with Gasteiger partial charge in [0.05, 0.1) is 18.5 Å². The van der Waals surface area contributed by atoms with Gasteiger partial charge >= 0.3 is 0 Å². The Morgan fingerprint density at radius 1 is 0.909 bits per heavy atom. The molecule has 4 nitrogen and oxygen atoms in total. The number of nitrogens with zero attached hydrogens (tertiary/aromatic N) is 2. The molecule has 22 heavy (non-hydrogen) atoms. The molecule has 0 N–H and O–H groups in total. The topological polar surface area (TPSA) is 41.9 Å². The molecule has 2 aliphatic heterocycles.